The van der Waals surface area contributed by atoms with E-state index in [9.17, 15) is 18.0 Å². The summed E-state index contributed by atoms with van der Waals surface area (Å²) < 4.78 is 44.8. The smallest absolute Gasteiger partial charge is 0.433 e. The Morgan fingerprint density at radius 1 is 1.30 bits per heavy atom. The first-order valence-electron chi connectivity index (χ1n) is 8.41. The normalized spacial score (nSPS) is 11.5. The average Bonchev–Trinajstić information content (AvgIpc) is 3.08. The molecule has 1 amide bonds. The maximum absolute atomic E-state index is 13.1. The van der Waals surface area contributed by atoms with Gasteiger partial charge in [-0.2, -0.15) is 13.2 Å². The van der Waals surface area contributed by atoms with E-state index in [4.69, 9.17) is 4.42 Å². The molecule has 0 aromatic carbocycles. The Bertz CT molecular complexity index is 780. The van der Waals surface area contributed by atoms with Gasteiger partial charge in [0, 0.05) is 26.2 Å². The zero-order chi connectivity index (χ0) is 20.0. The third-order valence-corrected chi connectivity index (χ3v) is 4.37. The van der Waals surface area contributed by atoms with Crippen LogP contribution in [0.2, 0.25) is 0 Å². The minimum Gasteiger partial charge on any atom is -0.455 e. The standard InChI is InChI=1S/C17H21F3N4O2S/c1-4-8-24(3)14-9-13(17(18,19)20)22-16(23-14)27-10-11-6-7-12(26-11)15(25)21-5-2/h6-7,9H,4-5,8,10H2,1-3H3,(H,21,25). The predicted octanol–water partition coefficient (Wildman–Crippen LogP) is 3.98. The summed E-state index contributed by atoms with van der Waals surface area (Å²) >= 11 is 1.02. The highest BCUT2D eigenvalue weighted by Gasteiger charge is 2.34. The van der Waals surface area contributed by atoms with Crippen LogP contribution in [0.25, 0.3) is 0 Å². The number of carbonyl (C=O) groups is 1. The van der Waals surface area contributed by atoms with Crippen molar-refractivity contribution >= 4 is 23.5 Å². The second-order valence-electron chi connectivity index (χ2n) is 5.73. The Labute approximate surface area is 159 Å². The highest BCUT2D eigenvalue weighted by molar-refractivity contribution is 7.98. The lowest BCUT2D eigenvalue weighted by atomic mass is 10.3. The van der Waals surface area contributed by atoms with Crippen LogP contribution in [-0.4, -0.2) is 36.0 Å². The number of aromatic nitrogens is 2. The van der Waals surface area contributed by atoms with Crippen LogP contribution in [0, 0.1) is 0 Å². The number of halogens is 3. The van der Waals surface area contributed by atoms with Crippen LogP contribution in [0.5, 0.6) is 0 Å². The van der Waals surface area contributed by atoms with Crippen molar-refractivity contribution in [1.29, 1.82) is 0 Å². The topological polar surface area (TPSA) is 71.3 Å². The molecule has 0 spiro atoms. The van der Waals surface area contributed by atoms with Crippen molar-refractivity contribution in [3.05, 3.63) is 35.4 Å². The first-order valence-corrected chi connectivity index (χ1v) is 9.40. The van der Waals surface area contributed by atoms with Gasteiger partial charge in [0.25, 0.3) is 5.91 Å². The van der Waals surface area contributed by atoms with E-state index in [1.807, 2.05) is 6.92 Å². The van der Waals surface area contributed by atoms with Gasteiger partial charge in [-0.25, -0.2) is 9.97 Å². The van der Waals surface area contributed by atoms with Crippen LogP contribution in [-0.2, 0) is 11.9 Å². The molecule has 0 atom stereocenters. The van der Waals surface area contributed by atoms with Gasteiger partial charge in [0.1, 0.15) is 11.6 Å². The Kier molecular flexibility index (Phi) is 7.11. The van der Waals surface area contributed by atoms with Crippen LogP contribution >= 0.6 is 11.8 Å². The molecular weight excluding hydrogens is 381 g/mol. The molecule has 0 unspecified atom stereocenters. The molecule has 1 N–H and O–H groups in total. The molecular formula is C17H21F3N4O2S. The molecule has 2 aromatic heterocycles. The summed E-state index contributed by atoms with van der Waals surface area (Å²) in [5, 5.41) is 2.61. The van der Waals surface area contributed by atoms with Crippen molar-refractivity contribution in [2.75, 3.05) is 25.0 Å². The molecule has 0 fully saturated rings. The maximum atomic E-state index is 13.1. The Morgan fingerprint density at radius 3 is 2.67 bits per heavy atom. The fourth-order valence-corrected chi connectivity index (χ4v) is 2.98. The Balaban J connectivity index is 2.17. The number of hydrogen-bond donors (Lipinski definition) is 1. The van der Waals surface area contributed by atoms with Gasteiger partial charge in [-0.15, -0.1) is 0 Å². The molecule has 0 aliphatic heterocycles. The van der Waals surface area contributed by atoms with Crippen LogP contribution in [0.1, 0.15) is 42.3 Å². The number of rotatable bonds is 8. The van der Waals surface area contributed by atoms with Gasteiger partial charge < -0.3 is 14.6 Å². The molecule has 2 aromatic rings. The number of furan rings is 1. The molecule has 0 aliphatic rings. The maximum Gasteiger partial charge on any atom is 0.433 e. The number of alkyl halides is 3. The van der Waals surface area contributed by atoms with Crippen LogP contribution in [0.15, 0.2) is 27.8 Å². The van der Waals surface area contributed by atoms with E-state index in [1.54, 1.807) is 24.9 Å². The summed E-state index contributed by atoms with van der Waals surface area (Å²) in [7, 11) is 1.69. The number of anilines is 1. The minimum absolute atomic E-state index is 0.00117. The van der Waals surface area contributed by atoms with Gasteiger partial charge in [-0.3, -0.25) is 4.79 Å². The number of thioether (sulfide) groups is 1. The zero-order valence-electron chi connectivity index (χ0n) is 15.3. The molecule has 0 saturated heterocycles. The number of carbonyl (C=O) groups excluding carboxylic acids is 1. The molecule has 0 bridgehead atoms. The van der Waals surface area contributed by atoms with Crippen molar-refractivity contribution < 1.29 is 22.4 Å². The van der Waals surface area contributed by atoms with Gasteiger partial charge in [0.05, 0.1) is 5.75 Å². The van der Waals surface area contributed by atoms with Crippen molar-refractivity contribution in [3.63, 3.8) is 0 Å². The molecule has 2 heterocycles. The predicted molar refractivity (Wildman–Crippen MR) is 96.9 cm³/mol. The van der Waals surface area contributed by atoms with Gasteiger partial charge >= 0.3 is 6.18 Å². The van der Waals surface area contributed by atoms with Crippen LogP contribution in [0.4, 0.5) is 19.0 Å². The molecule has 0 saturated carbocycles. The molecule has 2 rings (SSSR count). The highest BCUT2D eigenvalue weighted by Crippen LogP contribution is 2.32. The first kappa shape index (κ1) is 21.1. The van der Waals surface area contributed by atoms with E-state index in [0.717, 1.165) is 24.2 Å². The summed E-state index contributed by atoms with van der Waals surface area (Å²) in [6.45, 7) is 4.76. The molecule has 27 heavy (non-hydrogen) atoms. The second-order valence-corrected chi connectivity index (χ2v) is 6.67. The SMILES string of the molecule is CCCN(C)c1cc(C(F)(F)F)nc(SCc2ccc(C(=O)NCC)o2)n1. The van der Waals surface area contributed by atoms with E-state index in [2.05, 4.69) is 15.3 Å². The van der Waals surface area contributed by atoms with Crippen LogP contribution in [0.3, 0.4) is 0 Å². The molecule has 6 nitrogen and oxygen atoms in total. The largest absolute Gasteiger partial charge is 0.455 e. The second kappa shape index (κ2) is 9.12. The van der Waals surface area contributed by atoms with Gasteiger partial charge in [0.15, 0.2) is 16.6 Å². The van der Waals surface area contributed by atoms with E-state index in [-0.39, 0.29) is 28.4 Å². The lowest BCUT2D eigenvalue weighted by molar-refractivity contribution is -0.141. The van der Waals surface area contributed by atoms with Crippen molar-refractivity contribution in [2.45, 2.75) is 37.4 Å². The van der Waals surface area contributed by atoms with E-state index in [0.29, 0.717) is 18.8 Å². The lowest BCUT2D eigenvalue weighted by Crippen LogP contribution is -2.21. The van der Waals surface area contributed by atoms with E-state index in [1.165, 1.54) is 6.07 Å². The Hall–Kier alpha value is -2.23. The third kappa shape index (κ3) is 5.88. The van der Waals surface area contributed by atoms with Gasteiger partial charge in [-0.05, 0) is 25.5 Å². The van der Waals surface area contributed by atoms with E-state index >= 15 is 0 Å². The summed E-state index contributed by atoms with van der Waals surface area (Å²) in [6, 6.07) is 4.07. The monoisotopic (exact) mass is 402 g/mol. The minimum atomic E-state index is -4.56. The quantitative estimate of drug-likeness (QED) is 0.532. The third-order valence-electron chi connectivity index (χ3n) is 3.50. The fraction of sp³-hybridized carbons (Fsp3) is 0.471. The molecule has 0 radical (unpaired) electrons. The highest BCUT2D eigenvalue weighted by atomic mass is 32.2. The van der Waals surface area contributed by atoms with Crippen LogP contribution < -0.4 is 10.2 Å². The fourth-order valence-electron chi connectivity index (χ4n) is 2.23. The van der Waals surface area contributed by atoms with Crippen molar-refractivity contribution in [3.8, 4) is 0 Å². The number of amides is 1. The summed E-state index contributed by atoms with van der Waals surface area (Å²) in [5.41, 5.74) is -0.986. The molecule has 0 aliphatic carbocycles. The number of nitrogens with zero attached hydrogens (tertiary/aromatic N) is 3. The molecule has 148 valence electrons. The average molecular weight is 402 g/mol. The summed E-state index contributed by atoms with van der Waals surface area (Å²) in [6.07, 6.45) is -3.78. The summed E-state index contributed by atoms with van der Waals surface area (Å²) in [5.74, 6) is 0.681. The number of nitrogens with one attached hydrogen (secondary N) is 1. The van der Waals surface area contributed by atoms with E-state index < -0.39 is 11.9 Å². The van der Waals surface area contributed by atoms with Gasteiger partial charge in [-0.1, -0.05) is 18.7 Å². The first-order chi connectivity index (χ1) is 12.7. The van der Waals surface area contributed by atoms with Crippen molar-refractivity contribution in [1.82, 2.24) is 15.3 Å². The Morgan fingerprint density at radius 2 is 2.04 bits per heavy atom. The van der Waals surface area contributed by atoms with Gasteiger partial charge in [0.2, 0.25) is 0 Å². The molecule has 10 heteroatoms. The zero-order valence-corrected chi connectivity index (χ0v) is 16.1. The lowest BCUT2D eigenvalue weighted by Gasteiger charge is -2.19. The number of hydrogen-bond acceptors (Lipinski definition) is 6. The van der Waals surface area contributed by atoms with Crippen molar-refractivity contribution in [2.24, 2.45) is 0 Å². The summed E-state index contributed by atoms with van der Waals surface area (Å²) in [4.78, 5) is 21.2.